The van der Waals surface area contributed by atoms with Crippen molar-refractivity contribution < 1.29 is 4.79 Å². The first-order chi connectivity index (χ1) is 9.88. The zero-order valence-corrected chi connectivity index (χ0v) is 13.3. The van der Waals surface area contributed by atoms with Crippen LogP contribution < -0.4 is 11.3 Å². The number of hydrazine groups is 1. The number of aromatic nitrogens is 1. The zero-order chi connectivity index (χ0) is 15.6. The molecule has 6 nitrogen and oxygen atoms in total. The van der Waals surface area contributed by atoms with Gasteiger partial charge in [0.05, 0.1) is 0 Å². The largest absolute Gasteiger partial charge is 0.340 e. The molecule has 1 aromatic rings. The molecular formula is C15H25N5O. The lowest BCUT2D eigenvalue weighted by Gasteiger charge is -2.49. The number of carbonyl (C=O) groups is 1. The summed E-state index contributed by atoms with van der Waals surface area (Å²) in [5.74, 6) is 5.91. The van der Waals surface area contributed by atoms with Gasteiger partial charge in [-0.15, -0.1) is 0 Å². The molecule has 1 aromatic heterocycles. The first-order valence-electron chi connectivity index (χ1n) is 7.26. The first-order valence-corrected chi connectivity index (χ1v) is 7.26. The fraction of sp³-hybridized carbons (Fsp3) is 0.600. The summed E-state index contributed by atoms with van der Waals surface area (Å²) in [6.07, 6.45) is 3.51. The summed E-state index contributed by atoms with van der Waals surface area (Å²) in [4.78, 5) is 20.9. The minimum Gasteiger partial charge on any atom is -0.340 e. The maximum Gasteiger partial charge on any atom is 0.253 e. The average Bonchev–Trinajstić information content (AvgIpc) is 2.40. The van der Waals surface area contributed by atoms with Crippen LogP contribution in [0.5, 0.6) is 0 Å². The molecule has 0 radical (unpaired) electrons. The predicted octanol–water partition coefficient (Wildman–Crippen LogP) is 1.23. The van der Waals surface area contributed by atoms with Crippen LogP contribution in [0.1, 0.15) is 35.3 Å². The summed E-state index contributed by atoms with van der Waals surface area (Å²) in [6.45, 7) is 2.59. The molecule has 3 N–H and O–H groups in total. The number of rotatable bonds is 5. The van der Waals surface area contributed by atoms with E-state index in [1.165, 1.54) is 6.42 Å². The van der Waals surface area contributed by atoms with Gasteiger partial charge < -0.3 is 15.2 Å². The smallest absolute Gasteiger partial charge is 0.253 e. The second kappa shape index (κ2) is 5.99. The summed E-state index contributed by atoms with van der Waals surface area (Å²) in [5, 5.41) is 0. The van der Waals surface area contributed by atoms with Gasteiger partial charge in [0.25, 0.3) is 5.91 Å². The van der Waals surface area contributed by atoms with Gasteiger partial charge in [-0.05, 0) is 52.4 Å². The van der Waals surface area contributed by atoms with E-state index in [-0.39, 0.29) is 11.4 Å². The number of nitrogens with zero attached hydrogens (tertiary/aromatic N) is 3. The van der Waals surface area contributed by atoms with Gasteiger partial charge in [-0.25, -0.2) is 10.8 Å². The SMILES string of the molecule is Cc1cc(C(=O)N(C)CC2(N(C)C)CCC2)cc(NN)n1. The van der Waals surface area contributed by atoms with Gasteiger partial charge in [-0.3, -0.25) is 4.79 Å². The third-order valence-electron chi connectivity index (χ3n) is 4.46. The van der Waals surface area contributed by atoms with Gasteiger partial charge in [0.2, 0.25) is 0 Å². The van der Waals surface area contributed by atoms with Crippen molar-refractivity contribution in [1.29, 1.82) is 0 Å². The monoisotopic (exact) mass is 291 g/mol. The summed E-state index contributed by atoms with van der Waals surface area (Å²) in [7, 11) is 6.03. The average molecular weight is 291 g/mol. The Morgan fingerprint density at radius 3 is 2.52 bits per heavy atom. The molecule has 2 rings (SSSR count). The van der Waals surface area contributed by atoms with E-state index >= 15 is 0 Å². The van der Waals surface area contributed by atoms with E-state index in [9.17, 15) is 4.79 Å². The number of likely N-dealkylation sites (N-methyl/N-ethyl adjacent to an activating group) is 2. The molecule has 1 heterocycles. The number of pyridine rings is 1. The highest BCUT2D eigenvalue weighted by Crippen LogP contribution is 2.36. The molecule has 1 aliphatic carbocycles. The van der Waals surface area contributed by atoms with Crippen molar-refractivity contribution in [2.24, 2.45) is 5.84 Å². The Kier molecular flexibility index (Phi) is 4.49. The van der Waals surface area contributed by atoms with Gasteiger partial charge in [0.15, 0.2) is 0 Å². The molecule has 116 valence electrons. The maximum atomic E-state index is 12.6. The topological polar surface area (TPSA) is 74.5 Å². The number of carbonyl (C=O) groups excluding carboxylic acids is 1. The minimum atomic E-state index is 0.00475. The van der Waals surface area contributed by atoms with E-state index in [1.807, 2.05) is 14.0 Å². The number of hydrogen-bond donors (Lipinski definition) is 2. The van der Waals surface area contributed by atoms with Crippen molar-refractivity contribution in [3.63, 3.8) is 0 Å². The summed E-state index contributed by atoms with van der Waals surface area (Å²) < 4.78 is 0. The Morgan fingerprint density at radius 2 is 2.05 bits per heavy atom. The molecule has 1 aliphatic rings. The molecular weight excluding hydrogens is 266 g/mol. The van der Waals surface area contributed by atoms with Crippen LogP contribution in [0, 0.1) is 6.92 Å². The molecule has 0 aliphatic heterocycles. The van der Waals surface area contributed by atoms with Crippen LogP contribution in [0.3, 0.4) is 0 Å². The van der Waals surface area contributed by atoms with E-state index in [0.717, 1.165) is 25.1 Å². The summed E-state index contributed by atoms with van der Waals surface area (Å²) >= 11 is 0. The van der Waals surface area contributed by atoms with Crippen molar-refractivity contribution >= 4 is 11.7 Å². The highest BCUT2D eigenvalue weighted by atomic mass is 16.2. The molecule has 1 saturated carbocycles. The molecule has 0 saturated heterocycles. The van der Waals surface area contributed by atoms with Crippen LogP contribution in [0.4, 0.5) is 5.82 Å². The van der Waals surface area contributed by atoms with Crippen molar-refractivity contribution in [3.8, 4) is 0 Å². The number of nitrogen functional groups attached to an aromatic ring is 1. The second-order valence-electron chi connectivity index (χ2n) is 6.16. The lowest BCUT2D eigenvalue weighted by Crippen LogP contribution is -2.57. The Balaban J connectivity index is 2.14. The van der Waals surface area contributed by atoms with Crippen molar-refractivity contribution in [3.05, 3.63) is 23.4 Å². The number of amides is 1. The molecule has 21 heavy (non-hydrogen) atoms. The highest BCUT2D eigenvalue weighted by molar-refractivity contribution is 5.94. The Labute approximate surface area is 126 Å². The molecule has 0 unspecified atom stereocenters. The fourth-order valence-corrected chi connectivity index (χ4v) is 2.93. The summed E-state index contributed by atoms with van der Waals surface area (Å²) in [6, 6.07) is 3.48. The van der Waals surface area contributed by atoms with Gasteiger partial charge in [0.1, 0.15) is 5.82 Å². The predicted molar refractivity (Wildman–Crippen MR) is 84.0 cm³/mol. The van der Waals surface area contributed by atoms with E-state index in [2.05, 4.69) is 29.4 Å². The Morgan fingerprint density at radius 1 is 1.38 bits per heavy atom. The maximum absolute atomic E-state index is 12.6. The molecule has 0 spiro atoms. The van der Waals surface area contributed by atoms with Crippen LogP contribution in [0.2, 0.25) is 0 Å². The molecule has 0 bridgehead atoms. The van der Waals surface area contributed by atoms with Gasteiger partial charge >= 0.3 is 0 Å². The number of nitrogens with two attached hydrogens (primary N) is 1. The molecule has 6 heteroatoms. The molecule has 1 amide bonds. The molecule has 0 aromatic carbocycles. The second-order valence-corrected chi connectivity index (χ2v) is 6.16. The van der Waals surface area contributed by atoms with Gasteiger partial charge in [-0.1, -0.05) is 0 Å². The number of hydrogen-bond acceptors (Lipinski definition) is 5. The van der Waals surface area contributed by atoms with Crippen LogP contribution in [0.15, 0.2) is 12.1 Å². The van der Waals surface area contributed by atoms with Gasteiger partial charge in [0, 0.05) is 30.4 Å². The van der Waals surface area contributed by atoms with Gasteiger partial charge in [-0.2, -0.15) is 0 Å². The molecule has 1 fully saturated rings. The van der Waals surface area contributed by atoms with Crippen molar-refractivity contribution in [2.75, 3.05) is 33.1 Å². The van der Waals surface area contributed by atoms with E-state index in [1.54, 1.807) is 17.0 Å². The zero-order valence-electron chi connectivity index (χ0n) is 13.3. The lowest BCUT2D eigenvalue weighted by atomic mass is 9.75. The normalized spacial score (nSPS) is 16.5. The number of nitrogens with one attached hydrogen (secondary N) is 1. The fourth-order valence-electron chi connectivity index (χ4n) is 2.93. The van der Waals surface area contributed by atoms with Crippen LogP contribution in [-0.4, -0.2) is 53.9 Å². The van der Waals surface area contributed by atoms with Crippen LogP contribution in [-0.2, 0) is 0 Å². The van der Waals surface area contributed by atoms with Crippen LogP contribution in [0.25, 0.3) is 0 Å². The van der Waals surface area contributed by atoms with Crippen LogP contribution >= 0.6 is 0 Å². The first kappa shape index (κ1) is 15.7. The van der Waals surface area contributed by atoms with E-state index < -0.39 is 0 Å². The number of aryl methyl sites for hydroxylation is 1. The third kappa shape index (κ3) is 3.16. The van der Waals surface area contributed by atoms with E-state index in [0.29, 0.717) is 11.4 Å². The quantitative estimate of drug-likeness (QED) is 0.630. The highest BCUT2D eigenvalue weighted by Gasteiger charge is 2.40. The lowest BCUT2D eigenvalue weighted by molar-refractivity contribution is 0.0252. The van der Waals surface area contributed by atoms with Crippen molar-refractivity contribution in [1.82, 2.24) is 14.8 Å². The summed E-state index contributed by atoms with van der Waals surface area (Å²) in [5.41, 5.74) is 4.02. The minimum absolute atomic E-state index is 0.00475. The van der Waals surface area contributed by atoms with E-state index in [4.69, 9.17) is 5.84 Å². The third-order valence-corrected chi connectivity index (χ3v) is 4.46. The number of anilines is 1. The Bertz CT molecular complexity index is 525. The molecule has 0 atom stereocenters. The van der Waals surface area contributed by atoms with Crippen molar-refractivity contribution in [2.45, 2.75) is 31.7 Å². The standard InChI is InChI=1S/C15H25N5O/c1-11-8-12(9-13(17-11)18-16)14(21)20(4)10-15(19(2)3)6-5-7-15/h8-9H,5-7,10,16H2,1-4H3,(H,17,18). The Hall–Kier alpha value is -1.66.